The van der Waals surface area contributed by atoms with Gasteiger partial charge in [-0.05, 0) is 57.6 Å². The Morgan fingerprint density at radius 2 is 2.02 bits per heavy atom. The minimum absolute atomic E-state index is 0.106. The number of likely N-dealkylation sites (tertiary alicyclic amines) is 1. The second-order valence-corrected chi connectivity index (χ2v) is 13.3. The minimum atomic E-state index is -0.779. The highest BCUT2D eigenvalue weighted by molar-refractivity contribution is 8.02. The Hall–Kier alpha value is -3.18. The second-order valence-electron chi connectivity index (χ2n) is 11.4. The zero-order valence-electron chi connectivity index (χ0n) is 23.6. The van der Waals surface area contributed by atoms with Crippen LogP contribution < -0.4 is 0 Å². The molecule has 11 heteroatoms. The molecule has 3 saturated heterocycles. The van der Waals surface area contributed by atoms with Crippen molar-refractivity contribution in [2.24, 2.45) is 11.8 Å². The molecule has 5 rings (SSSR count). The van der Waals surface area contributed by atoms with Gasteiger partial charge in [0.15, 0.2) is 0 Å². The molecule has 2 bridgehead atoms. The Bertz CT molecular complexity index is 1330. The molecule has 41 heavy (non-hydrogen) atoms. The highest BCUT2D eigenvalue weighted by atomic mass is 32.2. The summed E-state index contributed by atoms with van der Waals surface area (Å²) in [6.07, 6.45) is 7.67. The first kappa shape index (κ1) is 29.3. The number of aromatic nitrogens is 3. The molecule has 10 nitrogen and oxygen atoms in total. The molecule has 5 atom stereocenters. The van der Waals surface area contributed by atoms with Crippen LogP contribution in [0.1, 0.15) is 45.4 Å². The van der Waals surface area contributed by atoms with Crippen molar-refractivity contribution in [1.29, 1.82) is 0 Å². The zero-order chi connectivity index (χ0) is 29.2. The second kappa shape index (κ2) is 12.0. The third-order valence-corrected chi connectivity index (χ3v) is 10.7. The number of hydrogen-bond donors (Lipinski definition) is 1. The number of unbranched alkanes of at least 4 members (excludes halogenated alkanes) is 2. The summed E-state index contributed by atoms with van der Waals surface area (Å²) in [6, 6.07) is 6.76. The fourth-order valence-electron chi connectivity index (χ4n) is 6.93. The van der Waals surface area contributed by atoms with Crippen LogP contribution in [0.4, 0.5) is 0 Å². The van der Waals surface area contributed by atoms with E-state index in [4.69, 9.17) is 4.74 Å². The van der Waals surface area contributed by atoms with Gasteiger partial charge < -0.3 is 19.6 Å². The maximum atomic E-state index is 14.5. The van der Waals surface area contributed by atoms with E-state index in [0.717, 1.165) is 30.3 Å². The predicted molar refractivity (Wildman–Crippen MR) is 157 cm³/mol. The van der Waals surface area contributed by atoms with E-state index in [-0.39, 0.29) is 44.1 Å². The summed E-state index contributed by atoms with van der Waals surface area (Å²) in [6.45, 7) is 10.5. The lowest BCUT2D eigenvalue weighted by Gasteiger charge is -2.37. The first-order valence-electron chi connectivity index (χ1n) is 14.4. The molecule has 3 aliphatic heterocycles. The molecule has 0 saturated carbocycles. The lowest BCUT2D eigenvalue weighted by Crippen LogP contribution is -2.55. The summed E-state index contributed by atoms with van der Waals surface area (Å²) in [5.41, 5.74) is 1.52. The standard InChI is InChI=1S/C30H39N5O5S/c1-4-6-7-10-19-40-28(39)24-23-26(37)34(17-11-18-36)25(30(23)15-14-29(24,3)41-30)27(38)33(16-5-2)20-35-22-13-9-8-12-21(22)31-32-35/h4-5,8-9,12-13,23-25,36H,1-2,6-7,10-11,14-20H2,3H3/t23-,24+,25?,29-,30?/m0/s1. The smallest absolute Gasteiger partial charge is 0.311 e. The van der Waals surface area contributed by atoms with E-state index in [9.17, 15) is 19.5 Å². The molecule has 2 aromatic rings. The fraction of sp³-hybridized carbons (Fsp3) is 0.567. The van der Waals surface area contributed by atoms with Crippen LogP contribution in [0, 0.1) is 11.8 Å². The van der Waals surface area contributed by atoms with E-state index in [1.807, 2.05) is 37.3 Å². The van der Waals surface area contributed by atoms with Gasteiger partial charge in [0.2, 0.25) is 11.8 Å². The van der Waals surface area contributed by atoms with Crippen molar-refractivity contribution >= 4 is 40.6 Å². The van der Waals surface area contributed by atoms with E-state index in [2.05, 4.69) is 23.5 Å². The molecule has 1 spiro atoms. The molecule has 2 unspecified atom stereocenters. The lowest BCUT2D eigenvalue weighted by atomic mass is 9.66. The van der Waals surface area contributed by atoms with E-state index < -0.39 is 27.4 Å². The number of thioether (sulfide) groups is 1. The number of esters is 1. The summed E-state index contributed by atoms with van der Waals surface area (Å²) >= 11 is 1.61. The Morgan fingerprint density at radius 1 is 1.22 bits per heavy atom. The largest absolute Gasteiger partial charge is 0.465 e. The highest BCUT2D eigenvalue weighted by Crippen LogP contribution is 2.71. The third-order valence-electron chi connectivity index (χ3n) is 8.75. The van der Waals surface area contributed by atoms with Crippen molar-refractivity contribution in [2.75, 3.05) is 26.3 Å². The SMILES string of the molecule is C=CCCCCOC(=O)[C@H]1[C@H]2C(=O)N(CCCO)C(C(=O)N(CC=C)Cn3nnc4ccccc43)C23CC[C@]1(C)S3. The molecule has 2 amide bonds. The lowest BCUT2D eigenvalue weighted by molar-refractivity contribution is -0.155. The topological polar surface area (TPSA) is 118 Å². The molecule has 3 fully saturated rings. The fourth-order valence-corrected chi connectivity index (χ4v) is 9.27. The number of carbonyl (C=O) groups excluding carboxylic acids is 3. The van der Waals surface area contributed by atoms with Gasteiger partial charge in [-0.15, -0.1) is 30.0 Å². The molecule has 3 aliphatic rings. The molecule has 1 N–H and O–H groups in total. The first-order chi connectivity index (χ1) is 19.8. The maximum absolute atomic E-state index is 14.5. The molecule has 1 aromatic carbocycles. The first-order valence-corrected chi connectivity index (χ1v) is 15.2. The number of hydrogen-bond acceptors (Lipinski definition) is 8. The third kappa shape index (κ3) is 5.07. The van der Waals surface area contributed by atoms with Gasteiger partial charge in [-0.2, -0.15) is 0 Å². The van der Waals surface area contributed by atoms with Crippen LogP contribution in [-0.4, -0.2) is 89.5 Å². The number of aliphatic hydroxyl groups excluding tert-OH is 1. The number of nitrogens with zero attached hydrogens (tertiary/aromatic N) is 5. The number of rotatable bonds is 14. The summed E-state index contributed by atoms with van der Waals surface area (Å²) < 4.78 is 6.15. The van der Waals surface area contributed by atoms with Crippen LogP contribution in [-0.2, 0) is 25.8 Å². The number of aliphatic hydroxyl groups is 1. The number of para-hydroxylation sites is 1. The Labute approximate surface area is 244 Å². The van der Waals surface area contributed by atoms with Crippen LogP contribution in [0.3, 0.4) is 0 Å². The van der Waals surface area contributed by atoms with Gasteiger partial charge in [-0.25, -0.2) is 4.68 Å². The van der Waals surface area contributed by atoms with E-state index in [1.54, 1.807) is 32.3 Å². The zero-order valence-corrected chi connectivity index (χ0v) is 24.4. The van der Waals surface area contributed by atoms with Crippen LogP contribution in [0.2, 0.25) is 0 Å². The van der Waals surface area contributed by atoms with Gasteiger partial charge in [0, 0.05) is 24.4 Å². The maximum Gasteiger partial charge on any atom is 0.311 e. The van der Waals surface area contributed by atoms with Crippen LogP contribution >= 0.6 is 11.8 Å². The Balaban J connectivity index is 1.45. The van der Waals surface area contributed by atoms with Crippen LogP contribution in [0.15, 0.2) is 49.6 Å². The molecule has 220 valence electrons. The van der Waals surface area contributed by atoms with Crippen molar-refractivity contribution in [3.63, 3.8) is 0 Å². The van der Waals surface area contributed by atoms with Gasteiger partial charge >= 0.3 is 5.97 Å². The molecular weight excluding hydrogens is 542 g/mol. The van der Waals surface area contributed by atoms with Crippen molar-refractivity contribution in [2.45, 2.75) is 67.7 Å². The Morgan fingerprint density at radius 3 is 2.78 bits per heavy atom. The number of carbonyl (C=O) groups is 3. The molecule has 4 heterocycles. The summed E-state index contributed by atoms with van der Waals surface area (Å²) in [4.78, 5) is 45.4. The van der Waals surface area contributed by atoms with Crippen LogP contribution in [0.25, 0.3) is 11.0 Å². The molecule has 0 aliphatic carbocycles. The van der Waals surface area contributed by atoms with Crippen molar-refractivity contribution in [3.05, 3.63) is 49.6 Å². The van der Waals surface area contributed by atoms with Crippen molar-refractivity contribution in [3.8, 4) is 0 Å². The number of allylic oxidation sites excluding steroid dienone is 1. The van der Waals surface area contributed by atoms with Gasteiger partial charge in [-0.3, -0.25) is 14.4 Å². The molecule has 1 aromatic heterocycles. The average molecular weight is 582 g/mol. The van der Waals surface area contributed by atoms with Gasteiger partial charge in [-0.1, -0.05) is 29.5 Å². The number of amides is 2. The number of ether oxygens (including phenoxy) is 1. The van der Waals surface area contributed by atoms with Crippen LogP contribution in [0.5, 0.6) is 0 Å². The molecular formula is C30H39N5O5S. The van der Waals surface area contributed by atoms with Gasteiger partial charge in [0.25, 0.3) is 0 Å². The average Bonchev–Trinajstić information content (AvgIpc) is 3.67. The van der Waals surface area contributed by atoms with E-state index >= 15 is 0 Å². The number of benzene rings is 1. The van der Waals surface area contributed by atoms with Crippen molar-refractivity contribution in [1.82, 2.24) is 24.8 Å². The predicted octanol–water partition coefficient (Wildman–Crippen LogP) is 3.17. The summed E-state index contributed by atoms with van der Waals surface area (Å²) in [7, 11) is 0. The van der Waals surface area contributed by atoms with Gasteiger partial charge in [0.05, 0.1) is 28.7 Å². The number of fused-ring (bicyclic) bond motifs is 2. The normalized spacial score (nSPS) is 28.2. The quantitative estimate of drug-likeness (QED) is 0.205. The van der Waals surface area contributed by atoms with Gasteiger partial charge in [0.1, 0.15) is 18.2 Å². The monoisotopic (exact) mass is 581 g/mol. The van der Waals surface area contributed by atoms with E-state index in [0.29, 0.717) is 25.9 Å². The Kier molecular flexibility index (Phi) is 8.56. The molecule has 0 radical (unpaired) electrons. The van der Waals surface area contributed by atoms with E-state index in [1.165, 1.54) is 0 Å². The summed E-state index contributed by atoms with van der Waals surface area (Å²) in [5.74, 6) is -2.06. The minimum Gasteiger partial charge on any atom is -0.465 e. The summed E-state index contributed by atoms with van der Waals surface area (Å²) in [5, 5.41) is 18.1. The highest BCUT2D eigenvalue weighted by Gasteiger charge is 2.77. The van der Waals surface area contributed by atoms with Crippen molar-refractivity contribution < 1.29 is 24.2 Å².